The Bertz CT molecular complexity index is 1490. The lowest BCUT2D eigenvalue weighted by atomic mass is 10.1. The van der Waals surface area contributed by atoms with Crippen molar-refractivity contribution >= 4 is 39.8 Å². The zero-order chi connectivity index (χ0) is 23.3. The predicted molar refractivity (Wildman–Crippen MR) is 142 cm³/mol. The van der Waals surface area contributed by atoms with Crippen LogP contribution in [0, 0.1) is 0 Å². The van der Waals surface area contributed by atoms with Gasteiger partial charge in [-0.1, -0.05) is 18.2 Å². The normalized spacial score (nSPS) is 14.9. The molecule has 0 radical (unpaired) electrons. The maximum atomic E-state index is 5.07. The van der Waals surface area contributed by atoms with Gasteiger partial charge in [0.25, 0.3) is 0 Å². The summed E-state index contributed by atoms with van der Waals surface area (Å²) in [6.07, 6.45) is 8.34. The van der Waals surface area contributed by atoms with E-state index in [9.17, 15) is 0 Å². The van der Waals surface area contributed by atoms with Crippen molar-refractivity contribution in [3.8, 4) is 22.4 Å². The number of hydrogen-bond donors (Lipinski definition) is 1. The highest BCUT2D eigenvalue weighted by atomic mass is 32.2. The van der Waals surface area contributed by atoms with Gasteiger partial charge in [0.1, 0.15) is 5.52 Å². The van der Waals surface area contributed by atoms with Gasteiger partial charge in [0.2, 0.25) is 0 Å². The lowest BCUT2D eigenvalue weighted by molar-refractivity contribution is 0.408. The number of benzene rings is 2. The Balaban J connectivity index is 1.42. The molecule has 172 valence electrons. The number of fused-ring (bicyclic) bond motifs is 2. The number of hydrogen-bond acceptors (Lipinski definition) is 5. The van der Waals surface area contributed by atoms with E-state index in [1.54, 1.807) is 0 Å². The Hall–Kier alpha value is -3.32. The number of nitrogens with zero attached hydrogens (tertiary/aromatic N) is 5. The molecule has 0 aliphatic carbocycles. The summed E-state index contributed by atoms with van der Waals surface area (Å²) in [5.74, 6) is 1.18. The van der Waals surface area contributed by atoms with Crippen LogP contribution < -0.4 is 4.31 Å². The predicted octanol–water partition coefficient (Wildman–Crippen LogP) is 6.65. The van der Waals surface area contributed by atoms with Crippen molar-refractivity contribution in [1.82, 2.24) is 24.5 Å². The number of aromatic nitrogens is 5. The van der Waals surface area contributed by atoms with Crippen LogP contribution in [0.25, 0.3) is 44.6 Å². The molecule has 0 spiro atoms. The number of H-pyrrole nitrogens is 1. The zero-order valence-electron chi connectivity index (χ0n) is 19.7. The van der Waals surface area contributed by atoms with Gasteiger partial charge in [-0.2, -0.15) is 0 Å². The standard InChI is InChI=1S/C27H28N6S/c1-27(2,3)32-17-30-22-10-9-18(14-24(22)32)21-15-28-26-25(21)31-23(16-29-26)19-7-6-8-20(13-19)33-11-4-5-12-34-33/h6-10,13-17H,4-5,11-12H2,1-3H3,(H,28,29). The average Bonchev–Trinajstić information content (AvgIpc) is 3.48. The third-order valence-electron chi connectivity index (χ3n) is 6.39. The van der Waals surface area contributed by atoms with Gasteiger partial charge in [0.15, 0.2) is 5.65 Å². The fourth-order valence-corrected chi connectivity index (χ4v) is 5.66. The number of aromatic amines is 1. The summed E-state index contributed by atoms with van der Waals surface area (Å²) < 4.78 is 4.62. The highest BCUT2D eigenvalue weighted by molar-refractivity contribution is 8.00. The molecular weight excluding hydrogens is 440 g/mol. The van der Waals surface area contributed by atoms with Gasteiger partial charge in [0.05, 0.1) is 29.3 Å². The first-order valence-corrected chi connectivity index (χ1v) is 12.7. The molecule has 1 aliphatic rings. The third-order valence-corrected chi connectivity index (χ3v) is 7.57. The highest BCUT2D eigenvalue weighted by Crippen LogP contribution is 2.34. The van der Waals surface area contributed by atoms with E-state index in [4.69, 9.17) is 9.97 Å². The van der Waals surface area contributed by atoms with Crippen LogP contribution in [0.2, 0.25) is 0 Å². The van der Waals surface area contributed by atoms with Crippen molar-refractivity contribution in [2.24, 2.45) is 0 Å². The molecule has 0 amide bonds. The van der Waals surface area contributed by atoms with E-state index < -0.39 is 0 Å². The zero-order valence-corrected chi connectivity index (χ0v) is 20.6. The highest BCUT2D eigenvalue weighted by Gasteiger charge is 2.18. The van der Waals surface area contributed by atoms with Crippen LogP contribution in [-0.4, -0.2) is 36.8 Å². The number of rotatable bonds is 3. The largest absolute Gasteiger partial charge is 0.344 e. The third kappa shape index (κ3) is 3.74. The van der Waals surface area contributed by atoms with Crippen molar-refractivity contribution < 1.29 is 0 Å². The summed E-state index contributed by atoms with van der Waals surface area (Å²) in [6, 6.07) is 15.1. The molecule has 1 fully saturated rings. The second-order valence-electron chi connectivity index (χ2n) is 9.84. The molecule has 0 atom stereocenters. The van der Waals surface area contributed by atoms with Crippen molar-refractivity contribution in [3.63, 3.8) is 0 Å². The molecule has 3 aromatic heterocycles. The van der Waals surface area contributed by atoms with Gasteiger partial charge in [0, 0.05) is 40.8 Å². The molecule has 0 bridgehead atoms. The van der Waals surface area contributed by atoms with Gasteiger partial charge in [-0.05, 0) is 75.4 Å². The van der Waals surface area contributed by atoms with E-state index >= 15 is 0 Å². The Kier molecular flexibility index (Phi) is 5.10. The van der Waals surface area contributed by atoms with Crippen LogP contribution in [0.4, 0.5) is 5.69 Å². The molecule has 1 saturated heterocycles. The summed E-state index contributed by atoms with van der Waals surface area (Å²) in [7, 11) is 0. The van der Waals surface area contributed by atoms with Crippen molar-refractivity contribution in [3.05, 3.63) is 61.2 Å². The van der Waals surface area contributed by atoms with Crippen LogP contribution >= 0.6 is 11.9 Å². The van der Waals surface area contributed by atoms with Crippen LogP contribution in [0.3, 0.4) is 0 Å². The first kappa shape index (κ1) is 21.2. The minimum Gasteiger partial charge on any atom is -0.344 e. The van der Waals surface area contributed by atoms with Crippen LogP contribution in [0.5, 0.6) is 0 Å². The molecular formula is C27H28N6S. The minimum atomic E-state index is -0.0434. The van der Waals surface area contributed by atoms with Gasteiger partial charge >= 0.3 is 0 Å². The number of nitrogens with one attached hydrogen (secondary N) is 1. The van der Waals surface area contributed by atoms with Gasteiger partial charge in [-0.25, -0.2) is 15.0 Å². The first-order valence-electron chi connectivity index (χ1n) is 11.8. The molecule has 1 aliphatic heterocycles. The summed E-state index contributed by atoms with van der Waals surface area (Å²) in [6.45, 7) is 7.68. The molecule has 6 nitrogen and oxygen atoms in total. The fourth-order valence-electron chi connectivity index (χ4n) is 4.58. The summed E-state index contributed by atoms with van der Waals surface area (Å²) in [4.78, 5) is 17.7. The van der Waals surface area contributed by atoms with E-state index in [0.29, 0.717) is 0 Å². The van der Waals surface area contributed by atoms with Gasteiger partial charge < -0.3 is 13.9 Å². The number of anilines is 1. The molecule has 6 rings (SSSR count). The molecule has 4 heterocycles. The Morgan fingerprint density at radius 1 is 1.00 bits per heavy atom. The molecule has 5 aromatic rings. The first-order chi connectivity index (χ1) is 16.5. The van der Waals surface area contributed by atoms with Crippen LogP contribution in [0.15, 0.2) is 61.2 Å². The smallest absolute Gasteiger partial charge is 0.156 e. The maximum absolute atomic E-state index is 5.07. The monoisotopic (exact) mass is 468 g/mol. The Labute approximate surface area is 203 Å². The minimum absolute atomic E-state index is 0.0434. The quantitative estimate of drug-likeness (QED) is 0.301. The molecule has 0 saturated carbocycles. The molecule has 0 unspecified atom stereocenters. The second-order valence-corrected chi connectivity index (χ2v) is 10.9. The topological polar surface area (TPSA) is 62.6 Å². The molecule has 1 N–H and O–H groups in total. The van der Waals surface area contributed by atoms with E-state index in [2.05, 4.69) is 82.1 Å². The van der Waals surface area contributed by atoms with E-state index in [1.807, 2.05) is 30.7 Å². The van der Waals surface area contributed by atoms with Crippen molar-refractivity contribution in [1.29, 1.82) is 0 Å². The summed E-state index contributed by atoms with van der Waals surface area (Å²) in [5.41, 5.74) is 9.13. The van der Waals surface area contributed by atoms with Crippen molar-refractivity contribution in [2.75, 3.05) is 16.6 Å². The summed E-state index contributed by atoms with van der Waals surface area (Å²) >= 11 is 1.91. The van der Waals surface area contributed by atoms with Crippen LogP contribution in [-0.2, 0) is 5.54 Å². The SMILES string of the molecule is CC(C)(C)n1cnc2ccc(-c3c[nH]c4ncc(-c5cccc(N6CCCCS6)c5)nc34)cc21. The Morgan fingerprint density at radius 3 is 2.74 bits per heavy atom. The lowest BCUT2D eigenvalue weighted by Gasteiger charge is -2.27. The van der Waals surface area contributed by atoms with E-state index in [-0.39, 0.29) is 5.54 Å². The van der Waals surface area contributed by atoms with Crippen LogP contribution in [0.1, 0.15) is 33.6 Å². The molecule has 34 heavy (non-hydrogen) atoms. The Morgan fingerprint density at radius 2 is 1.91 bits per heavy atom. The molecule has 7 heteroatoms. The van der Waals surface area contributed by atoms with Crippen molar-refractivity contribution in [2.45, 2.75) is 39.2 Å². The van der Waals surface area contributed by atoms with Gasteiger partial charge in [-0.15, -0.1) is 0 Å². The molecule has 2 aromatic carbocycles. The van der Waals surface area contributed by atoms with E-state index in [0.717, 1.165) is 51.1 Å². The fraction of sp³-hybridized carbons (Fsp3) is 0.296. The number of imidazole rings is 1. The maximum Gasteiger partial charge on any atom is 0.156 e. The van der Waals surface area contributed by atoms with E-state index in [1.165, 1.54) is 24.3 Å². The lowest BCUT2D eigenvalue weighted by Crippen LogP contribution is -2.20. The summed E-state index contributed by atoms with van der Waals surface area (Å²) in [5, 5.41) is 0. The average molecular weight is 469 g/mol. The van der Waals surface area contributed by atoms with Gasteiger partial charge in [-0.3, -0.25) is 0 Å². The second kappa shape index (κ2) is 8.17.